The molecule has 0 aliphatic carbocycles. The summed E-state index contributed by atoms with van der Waals surface area (Å²) < 4.78 is 20.1. The Morgan fingerprint density at radius 2 is 2.16 bits per heavy atom. The number of ether oxygens (including phenoxy) is 1. The normalized spacial score (nSPS) is 29.7. The second-order valence-corrected chi connectivity index (χ2v) is 6.57. The minimum absolute atomic E-state index is 0.00739. The lowest BCUT2D eigenvalue weighted by Crippen LogP contribution is -2.53. The lowest BCUT2D eigenvalue weighted by Gasteiger charge is -2.35. The molecule has 0 saturated carbocycles. The van der Waals surface area contributed by atoms with Crippen molar-refractivity contribution in [2.75, 3.05) is 13.2 Å². The topological polar surface area (TPSA) is 169 Å². The van der Waals surface area contributed by atoms with Crippen molar-refractivity contribution in [1.29, 1.82) is 0 Å². The van der Waals surface area contributed by atoms with Crippen LogP contribution in [0.5, 0.6) is 0 Å². The predicted molar refractivity (Wildman–Crippen MR) is 80.8 cm³/mol. The van der Waals surface area contributed by atoms with Crippen molar-refractivity contribution in [2.24, 2.45) is 0 Å². The fourth-order valence-electron chi connectivity index (χ4n) is 2.31. The van der Waals surface area contributed by atoms with Gasteiger partial charge in [0, 0.05) is 19.0 Å². The minimum Gasteiger partial charge on any atom is -0.394 e. The van der Waals surface area contributed by atoms with Crippen LogP contribution in [0.1, 0.15) is 12.8 Å². The van der Waals surface area contributed by atoms with Crippen LogP contribution in [0, 0.1) is 11.8 Å². The highest BCUT2D eigenvalue weighted by atomic mass is 31.2. The molecule has 0 radical (unpaired) electrons. The number of aliphatic hydroxyl groups excluding tert-OH is 3. The van der Waals surface area contributed by atoms with E-state index in [9.17, 15) is 19.6 Å². The maximum absolute atomic E-state index is 11.8. The fourth-order valence-corrected chi connectivity index (χ4v) is 2.64. The molecule has 2 aliphatic heterocycles. The number of aliphatic hydroxyl groups is 3. The molecule has 0 bridgehead atoms. The second kappa shape index (κ2) is 8.27. The van der Waals surface area contributed by atoms with Gasteiger partial charge in [-0.1, -0.05) is 11.8 Å². The number of hydrogen-bond acceptors (Lipinski definition) is 8. The highest BCUT2D eigenvalue weighted by Gasteiger charge is 2.40. The van der Waals surface area contributed by atoms with Crippen LogP contribution in [-0.2, 0) is 18.6 Å². The summed E-state index contributed by atoms with van der Waals surface area (Å²) in [7, 11) is -4.56. The Morgan fingerprint density at radius 3 is 2.76 bits per heavy atom. The quantitative estimate of drug-likeness (QED) is 0.171. The first-order valence-corrected chi connectivity index (χ1v) is 8.86. The molecule has 11 nitrogen and oxygen atoms in total. The number of amides is 1. The summed E-state index contributed by atoms with van der Waals surface area (Å²) in [4.78, 5) is 30.1. The maximum atomic E-state index is 11.8. The number of phosphoric acid groups is 1. The second-order valence-electron chi connectivity index (χ2n) is 5.33. The first-order valence-electron chi connectivity index (χ1n) is 7.33. The van der Waals surface area contributed by atoms with Gasteiger partial charge in [-0.25, -0.2) is 4.57 Å². The SMILES string of the molecule is O=C1NC(O)N(C2CC(O)C(CO)O2)C=C1C#CCCOP(=O)(O)O. The molecule has 1 amide bonds. The van der Waals surface area contributed by atoms with Gasteiger partial charge >= 0.3 is 7.82 Å². The van der Waals surface area contributed by atoms with Gasteiger partial charge in [-0.2, -0.15) is 0 Å². The third-order valence-corrected chi connectivity index (χ3v) is 4.01. The van der Waals surface area contributed by atoms with Crippen LogP contribution in [0.2, 0.25) is 0 Å². The summed E-state index contributed by atoms with van der Waals surface area (Å²) in [5.41, 5.74) is -0.00739. The van der Waals surface area contributed by atoms with Gasteiger partial charge in [-0.15, -0.1) is 0 Å². The molecule has 4 unspecified atom stereocenters. The highest BCUT2D eigenvalue weighted by Crippen LogP contribution is 2.35. The van der Waals surface area contributed by atoms with Gasteiger partial charge < -0.3 is 40.1 Å². The third kappa shape index (κ3) is 5.50. The number of hydrogen-bond donors (Lipinski definition) is 6. The zero-order valence-corrected chi connectivity index (χ0v) is 13.9. The minimum atomic E-state index is -4.56. The average Bonchev–Trinajstić information content (AvgIpc) is 2.88. The number of rotatable bonds is 5. The molecule has 2 aliphatic rings. The smallest absolute Gasteiger partial charge is 0.394 e. The van der Waals surface area contributed by atoms with Crippen molar-refractivity contribution in [1.82, 2.24) is 10.2 Å². The highest BCUT2D eigenvalue weighted by molar-refractivity contribution is 7.46. The summed E-state index contributed by atoms with van der Waals surface area (Å²) in [6, 6.07) is 0. The molecule has 2 rings (SSSR count). The number of phosphoric ester groups is 1. The van der Waals surface area contributed by atoms with Gasteiger partial charge in [-0.3, -0.25) is 9.32 Å². The number of carbonyl (C=O) groups is 1. The van der Waals surface area contributed by atoms with Gasteiger partial charge in [-0.05, 0) is 0 Å². The lowest BCUT2D eigenvalue weighted by atomic mass is 10.1. The van der Waals surface area contributed by atoms with Crippen LogP contribution in [0.15, 0.2) is 11.8 Å². The number of nitrogens with one attached hydrogen (secondary N) is 1. The molecule has 25 heavy (non-hydrogen) atoms. The van der Waals surface area contributed by atoms with Crippen LogP contribution in [0.25, 0.3) is 0 Å². The van der Waals surface area contributed by atoms with Crippen molar-refractivity contribution in [3.05, 3.63) is 11.8 Å². The Bertz CT molecular complexity index is 637. The fraction of sp³-hybridized carbons (Fsp3) is 0.615. The van der Waals surface area contributed by atoms with E-state index in [2.05, 4.69) is 21.7 Å². The van der Waals surface area contributed by atoms with E-state index >= 15 is 0 Å². The molecular weight excluding hydrogens is 359 g/mol. The molecule has 0 aromatic rings. The molecule has 1 fully saturated rings. The van der Waals surface area contributed by atoms with Crippen LogP contribution >= 0.6 is 7.82 Å². The van der Waals surface area contributed by atoms with Gasteiger partial charge in [0.1, 0.15) is 17.9 Å². The van der Waals surface area contributed by atoms with Crippen molar-refractivity contribution >= 4 is 13.7 Å². The van der Waals surface area contributed by atoms with Crippen molar-refractivity contribution in [3.8, 4) is 11.8 Å². The Morgan fingerprint density at radius 1 is 1.44 bits per heavy atom. The third-order valence-electron chi connectivity index (χ3n) is 3.49. The Kier molecular flexibility index (Phi) is 6.56. The van der Waals surface area contributed by atoms with Crippen molar-refractivity contribution in [3.63, 3.8) is 0 Å². The molecule has 140 valence electrons. The largest absolute Gasteiger partial charge is 0.469 e. The molecule has 0 aromatic heterocycles. The molecule has 0 aromatic carbocycles. The number of nitrogens with zero attached hydrogens (tertiary/aromatic N) is 1. The van der Waals surface area contributed by atoms with Gasteiger partial charge in [0.2, 0.25) is 6.35 Å². The van der Waals surface area contributed by atoms with Crippen LogP contribution in [-0.4, -0.2) is 73.9 Å². The molecule has 1 saturated heterocycles. The van der Waals surface area contributed by atoms with E-state index < -0.39 is 38.5 Å². The van der Waals surface area contributed by atoms with Crippen LogP contribution < -0.4 is 5.32 Å². The van der Waals surface area contributed by atoms with Gasteiger partial charge in [0.05, 0.1) is 19.3 Å². The molecule has 6 N–H and O–H groups in total. The van der Waals surface area contributed by atoms with Gasteiger partial charge in [0.25, 0.3) is 5.91 Å². The van der Waals surface area contributed by atoms with E-state index in [1.165, 1.54) is 11.1 Å². The van der Waals surface area contributed by atoms with Crippen LogP contribution in [0.3, 0.4) is 0 Å². The van der Waals surface area contributed by atoms with Crippen LogP contribution in [0.4, 0.5) is 0 Å². The summed E-state index contributed by atoms with van der Waals surface area (Å²) in [5.74, 6) is 4.41. The summed E-state index contributed by atoms with van der Waals surface area (Å²) in [5, 5.41) is 31.0. The van der Waals surface area contributed by atoms with Crippen molar-refractivity contribution < 1.29 is 43.7 Å². The number of carbonyl (C=O) groups excluding carboxylic acids is 1. The Hall–Kier alpha value is -1.48. The zero-order chi connectivity index (χ0) is 18.6. The first-order chi connectivity index (χ1) is 11.7. The van der Waals surface area contributed by atoms with E-state index in [-0.39, 0.29) is 31.6 Å². The summed E-state index contributed by atoms with van der Waals surface area (Å²) in [6.07, 6.45) is -2.50. The summed E-state index contributed by atoms with van der Waals surface area (Å²) in [6.45, 7) is -0.696. The van der Waals surface area contributed by atoms with Crippen molar-refractivity contribution in [2.45, 2.75) is 37.6 Å². The zero-order valence-electron chi connectivity index (χ0n) is 13.0. The van der Waals surface area contributed by atoms with E-state index in [0.717, 1.165) is 0 Å². The molecule has 4 atom stereocenters. The molecule has 2 heterocycles. The molecule has 12 heteroatoms. The van der Waals surface area contributed by atoms with Gasteiger partial charge in [0.15, 0.2) is 0 Å². The predicted octanol–water partition coefficient (Wildman–Crippen LogP) is -2.45. The first kappa shape index (κ1) is 19.8. The molecular formula is C13H19N2O9P. The maximum Gasteiger partial charge on any atom is 0.469 e. The van der Waals surface area contributed by atoms with E-state index in [1.54, 1.807) is 0 Å². The monoisotopic (exact) mass is 378 g/mol. The average molecular weight is 378 g/mol. The Labute approximate surface area is 143 Å². The van der Waals surface area contributed by atoms with E-state index in [0.29, 0.717) is 0 Å². The van der Waals surface area contributed by atoms with E-state index in [4.69, 9.17) is 19.6 Å². The molecule has 0 spiro atoms. The summed E-state index contributed by atoms with van der Waals surface area (Å²) >= 11 is 0. The van der Waals surface area contributed by atoms with E-state index in [1.807, 2.05) is 0 Å². The Balaban J connectivity index is 2.02. The lowest BCUT2D eigenvalue weighted by molar-refractivity contribution is -0.142. The standard InChI is InChI=1S/C13H19N2O9P/c16-7-10-9(17)5-11(24-10)15-6-8(12(18)14-13(15)19)3-1-2-4-23-25(20,21)22/h6,9-11,13,16-17,19H,2,4-5,7H2,(H,14,18)(H2,20,21,22).